The maximum atomic E-state index is 11.3. The third-order valence-electron chi connectivity index (χ3n) is 6.04. The van der Waals surface area contributed by atoms with Crippen molar-refractivity contribution in [1.29, 1.82) is 0 Å². The highest BCUT2D eigenvalue weighted by atomic mass is 16.1. The maximum absolute atomic E-state index is 11.3. The van der Waals surface area contributed by atoms with Crippen LogP contribution in [0.4, 0.5) is 0 Å². The minimum atomic E-state index is 0.370. The van der Waals surface area contributed by atoms with Crippen molar-refractivity contribution in [2.45, 2.75) is 31.5 Å². The molecule has 1 aliphatic rings. The topological polar surface area (TPSA) is 23.6 Å². The number of nitrogens with zero attached hydrogens (tertiary/aromatic N) is 2. The third kappa shape index (κ3) is 5.44. The first-order chi connectivity index (χ1) is 14.8. The molecule has 1 aliphatic heterocycles. The predicted molar refractivity (Wildman–Crippen MR) is 122 cm³/mol. The zero-order chi connectivity index (χ0) is 20.6. The smallest absolute Gasteiger partial charge is 0.133 e. The number of hydrogen-bond donors (Lipinski definition) is 0. The maximum Gasteiger partial charge on any atom is 0.133 e. The molecule has 0 aromatic heterocycles. The number of benzene rings is 3. The zero-order valence-electron chi connectivity index (χ0n) is 17.4. The number of rotatable bonds is 8. The second-order valence-electron chi connectivity index (χ2n) is 8.23. The quantitative estimate of drug-likeness (QED) is 0.531. The van der Waals surface area contributed by atoms with E-state index in [1.165, 1.54) is 16.7 Å². The molecule has 3 aromatic rings. The van der Waals surface area contributed by atoms with E-state index in [-0.39, 0.29) is 0 Å². The lowest BCUT2D eigenvalue weighted by Crippen LogP contribution is -2.59. The summed E-state index contributed by atoms with van der Waals surface area (Å²) in [4.78, 5) is 16.3. The minimum absolute atomic E-state index is 0.370. The first-order valence-electron chi connectivity index (χ1n) is 10.9. The van der Waals surface area contributed by atoms with Crippen molar-refractivity contribution < 1.29 is 4.79 Å². The van der Waals surface area contributed by atoms with E-state index in [2.05, 4.69) is 101 Å². The molecule has 3 aromatic carbocycles. The van der Waals surface area contributed by atoms with E-state index in [1.54, 1.807) is 0 Å². The second kappa shape index (κ2) is 10.3. The zero-order valence-corrected chi connectivity index (χ0v) is 17.4. The Kier molecular flexibility index (Phi) is 7.07. The Morgan fingerprint density at radius 1 is 0.667 bits per heavy atom. The van der Waals surface area contributed by atoms with Gasteiger partial charge in [-0.25, -0.2) is 0 Å². The Morgan fingerprint density at radius 3 is 1.53 bits per heavy atom. The molecule has 1 fully saturated rings. The van der Waals surface area contributed by atoms with E-state index >= 15 is 0 Å². The van der Waals surface area contributed by atoms with Crippen LogP contribution in [0.2, 0.25) is 0 Å². The van der Waals surface area contributed by atoms with Crippen molar-refractivity contribution >= 4 is 6.29 Å². The van der Waals surface area contributed by atoms with Gasteiger partial charge < -0.3 is 4.79 Å². The summed E-state index contributed by atoms with van der Waals surface area (Å²) in [5.74, 6) is 0. The Labute approximate surface area is 180 Å². The van der Waals surface area contributed by atoms with E-state index in [0.717, 1.165) is 38.8 Å². The molecule has 0 amide bonds. The Hall–Kier alpha value is -2.75. The summed E-state index contributed by atoms with van der Waals surface area (Å²) in [5, 5.41) is 0. The second-order valence-corrected chi connectivity index (χ2v) is 8.23. The first-order valence-corrected chi connectivity index (χ1v) is 10.9. The summed E-state index contributed by atoms with van der Waals surface area (Å²) >= 11 is 0. The average Bonchev–Trinajstić information content (AvgIpc) is 2.78. The highest BCUT2D eigenvalue weighted by molar-refractivity contribution is 5.52. The van der Waals surface area contributed by atoms with Crippen molar-refractivity contribution in [3.63, 3.8) is 0 Å². The van der Waals surface area contributed by atoms with Crippen LogP contribution in [0.1, 0.15) is 16.7 Å². The molecule has 3 nitrogen and oxygen atoms in total. The normalized spacial score (nSPS) is 20.1. The summed E-state index contributed by atoms with van der Waals surface area (Å²) in [7, 11) is 0. The van der Waals surface area contributed by atoms with E-state index in [4.69, 9.17) is 0 Å². The van der Waals surface area contributed by atoms with E-state index in [9.17, 15) is 4.79 Å². The Morgan fingerprint density at radius 2 is 1.10 bits per heavy atom. The summed E-state index contributed by atoms with van der Waals surface area (Å²) in [5.41, 5.74) is 4.05. The van der Waals surface area contributed by atoms with E-state index in [0.29, 0.717) is 18.6 Å². The molecule has 1 saturated heterocycles. The molecule has 2 atom stereocenters. The fourth-order valence-corrected chi connectivity index (χ4v) is 4.62. The number of hydrogen-bond acceptors (Lipinski definition) is 3. The largest absolute Gasteiger partial charge is 0.302 e. The molecule has 30 heavy (non-hydrogen) atoms. The molecule has 0 saturated carbocycles. The van der Waals surface area contributed by atoms with Gasteiger partial charge in [-0.3, -0.25) is 9.80 Å². The van der Waals surface area contributed by atoms with E-state index in [1.807, 2.05) is 0 Å². The van der Waals surface area contributed by atoms with Gasteiger partial charge in [0.1, 0.15) is 6.29 Å². The van der Waals surface area contributed by atoms with Gasteiger partial charge in [-0.2, -0.15) is 0 Å². The van der Waals surface area contributed by atoms with Crippen LogP contribution >= 0.6 is 0 Å². The molecular weight excluding hydrogens is 368 g/mol. The number of piperazine rings is 1. The summed E-state index contributed by atoms with van der Waals surface area (Å²) < 4.78 is 0. The van der Waals surface area contributed by atoms with Crippen LogP contribution in [-0.4, -0.2) is 47.8 Å². The molecule has 1 heterocycles. The van der Waals surface area contributed by atoms with Gasteiger partial charge in [-0.05, 0) is 29.5 Å². The van der Waals surface area contributed by atoms with Crippen LogP contribution in [0.25, 0.3) is 0 Å². The summed E-state index contributed by atoms with van der Waals surface area (Å²) in [6.07, 6.45) is 3.04. The van der Waals surface area contributed by atoms with Crippen molar-refractivity contribution in [1.82, 2.24) is 9.80 Å². The van der Waals surface area contributed by atoms with Gasteiger partial charge in [-0.1, -0.05) is 91.0 Å². The van der Waals surface area contributed by atoms with Gasteiger partial charge in [0.05, 0.1) is 6.54 Å². The fraction of sp³-hybridized carbons (Fsp3) is 0.296. The van der Waals surface area contributed by atoms with E-state index < -0.39 is 0 Å². The van der Waals surface area contributed by atoms with Crippen LogP contribution in [-0.2, 0) is 24.2 Å². The van der Waals surface area contributed by atoms with Gasteiger partial charge >= 0.3 is 0 Å². The predicted octanol–water partition coefficient (Wildman–Crippen LogP) is 4.23. The molecule has 0 spiro atoms. The lowest BCUT2D eigenvalue weighted by atomic mass is 9.94. The monoisotopic (exact) mass is 398 g/mol. The number of aldehydes is 1. The molecule has 3 heteroatoms. The number of carbonyl (C=O) groups is 1. The molecule has 0 aliphatic carbocycles. The minimum Gasteiger partial charge on any atom is -0.302 e. The highest BCUT2D eigenvalue weighted by Crippen LogP contribution is 2.24. The lowest BCUT2D eigenvalue weighted by Gasteiger charge is -2.47. The van der Waals surface area contributed by atoms with Gasteiger partial charge in [-0.15, -0.1) is 0 Å². The fourth-order valence-electron chi connectivity index (χ4n) is 4.62. The molecule has 4 rings (SSSR count). The summed E-state index contributed by atoms with van der Waals surface area (Å²) in [6, 6.07) is 33.0. The Balaban J connectivity index is 1.62. The van der Waals surface area contributed by atoms with Crippen LogP contribution < -0.4 is 0 Å². The summed E-state index contributed by atoms with van der Waals surface area (Å²) in [6.45, 7) is 3.29. The van der Waals surface area contributed by atoms with Gasteiger partial charge in [0.15, 0.2) is 0 Å². The van der Waals surface area contributed by atoms with Crippen molar-refractivity contribution in [2.24, 2.45) is 0 Å². The molecular formula is C27H30N2O. The first kappa shape index (κ1) is 20.5. The SMILES string of the molecule is O=CCN1CC(Cc2ccccc2)N(Cc2ccccc2)C(Cc2ccccc2)C1. The molecule has 0 radical (unpaired) electrons. The van der Waals surface area contributed by atoms with Crippen LogP contribution in [0.5, 0.6) is 0 Å². The van der Waals surface area contributed by atoms with Gasteiger partial charge in [0.2, 0.25) is 0 Å². The average molecular weight is 399 g/mol. The third-order valence-corrected chi connectivity index (χ3v) is 6.04. The van der Waals surface area contributed by atoms with Crippen LogP contribution in [0.3, 0.4) is 0 Å². The van der Waals surface area contributed by atoms with Gasteiger partial charge in [0, 0.05) is 31.7 Å². The van der Waals surface area contributed by atoms with Crippen LogP contribution in [0.15, 0.2) is 91.0 Å². The van der Waals surface area contributed by atoms with Gasteiger partial charge in [0.25, 0.3) is 0 Å². The molecule has 154 valence electrons. The van der Waals surface area contributed by atoms with Crippen molar-refractivity contribution in [2.75, 3.05) is 19.6 Å². The number of carbonyl (C=O) groups excluding carboxylic acids is 1. The van der Waals surface area contributed by atoms with Crippen molar-refractivity contribution in [3.8, 4) is 0 Å². The lowest BCUT2D eigenvalue weighted by molar-refractivity contribution is -0.110. The van der Waals surface area contributed by atoms with Crippen LogP contribution in [0, 0.1) is 0 Å². The highest BCUT2D eigenvalue weighted by Gasteiger charge is 2.34. The Bertz CT molecular complexity index is 846. The standard InChI is InChI=1S/C27H30N2O/c30-17-16-28-21-26(18-23-10-4-1-5-11-23)29(20-25-14-8-3-9-15-25)27(22-28)19-24-12-6-2-7-13-24/h1-15,17,26-27H,16,18-22H2. The molecule has 0 bridgehead atoms. The molecule has 2 unspecified atom stereocenters. The molecule has 0 N–H and O–H groups in total. The van der Waals surface area contributed by atoms with Crippen molar-refractivity contribution in [3.05, 3.63) is 108 Å².